The monoisotopic (exact) mass is 457 g/mol. The molecule has 162 valence electrons. The first kappa shape index (κ1) is 22.7. The Morgan fingerprint density at radius 2 is 1.52 bits per heavy atom. The summed E-state index contributed by atoms with van der Waals surface area (Å²) in [6, 6.07) is 15.4. The lowest BCUT2D eigenvalue weighted by Gasteiger charge is -2.15. The Morgan fingerprint density at radius 3 is 2.16 bits per heavy atom. The van der Waals surface area contributed by atoms with Crippen LogP contribution in [0.1, 0.15) is 27.8 Å². The van der Waals surface area contributed by atoms with Gasteiger partial charge in [0, 0.05) is 16.1 Å². The molecule has 0 spiro atoms. The van der Waals surface area contributed by atoms with Crippen molar-refractivity contribution in [2.45, 2.75) is 19.0 Å². The molecular weight excluding hydrogens is 444 g/mol. The van der Waals surface area contributed by atoms with Crippen LogP contribution in [0, 0.1) is 0 Å². The first-order valence-corrected chi connectivity index (χ1v) is 9.22. The second kappa shape index (κ2) is 9.01. The van der Waals surface area contributed by atoms with E-state index >= 15 is 0 Å². The molecule has 0 fully saturated rings. The van der Waals surface area contributed by atoms with E-state index in [2.05, 4.69) is 5.16 Å². The van der Waals surface area contributed by atoms with Crippen molar-refractivity contribution in [3.8, 4) is 0 Å². The highest BCUT2D eigenvalue weighted by atomic mass is 35.5. The molecule has 0 amide bonds. The fourth-order valence-electron chi connectivity index (χ4n) is 2.82. The van der Waals surface area contributed by atoms with Crippen LogP contribution >= 0.6 is 11.6 Å². The van der Waals surface area contributed by atoms with Crippen molar-refractivity contribution in [2.75, 3.05) is 0 Å². The normalized spacial score (nSPS) is 12.7. The van der Waals surface area contributed by atoms with Gasteiger partial charge in [0.05, 0.1) is 11.1 Å². The smallest absolute Gasteiger partial charge is 0.390 e. The van der Waals surface area contributed by atoms with Crippen LogP contribution in [0.2, 0.25) is 5.02 Å². The zero-order valence-corrected chi connectivity index (χ0v) is 16.4. The summed E-state index contributed by atoms with van der Waals surface area (Å²) in [7, 11) is 0. The van der Waals surface area contributed by atoms with Gasteiger partial charge in [0.25, 0.3) is 0 Å². The van der Waals surface area contributed by atoms with Crippen LogP contribution in [0.5, 0.6) is 0 Å². The minimum absolute atomic E-state index is 0.0597. The van der Waals surface area contributed by atoms with E-state index in [0.29, 0.717) is 5.56 Å². The molecule has 2 nitrogen and oxygen atoms in total. The highest BCUT2D eigenvalue weighted by Crippen LogP contribution is 2.35. The fraction of sp³-hybridized carbons (Fsp3) is 0.136. The first-order chi connectivity index (χ1) is 14.6. The third-order valence-electron chi connectivity index (χ3n) is 4.23. The Morgan fingerprint density at radius 1 is 0.806 bits per heavy atom. The SMILES string of the molecule is FC(F)(F)c1cccc(CO/N=C(\c2ccccc2)c2cc(Cl)ccc2C(F)(F)F)c1. The number of rotatable bonds is 5. The third kappa shape index (κ3) is 5.79. The van der Waals surface area contributed by atoms with Crippen LogP contribution in [0.3, 0.4) is 0 Å². The molecule has 0 saturated carbocycles. The largest absolute Gasteiger partial charge is 0.417 e. The Hall–Kier alpha value is -3.00. The average molecular weight is 458 g/mol. The summed E-state index contributed by atoms with van der Waals surface area (Å²) in [5.74, 6) is 0. The molecule has 0 atom stereocenters. The highest BCUT2D eigenvalue weighted by molar-refractivity contribution is 6.31. The molecule has 0 N–H and O–H groups in total. The van der Waals surface area contributed by atoms with E-state index in [1.165, 1.54) is 24.3 Å². The number of benzene rings is 3. The highest BCUT2D eigenvalue weighted by Gasteiger charge is 2.35. The molecule has 0 aliphatic carbocycles. The fourth-order valence-corrected chi connectivity index (χ4v) is 2.99. The van der Waals surface area contributed by atoms with Crippen LogP contribution in [0.4, 0.5) is 26.3 Å². The maximum Gasteiger partial charge on any atom is 0.417 e. The number of nitrogens with zero attached hydrogens (tertiary/aromatic N) is 1. The molecule has 9 heteroatoms. The van der Waals surface area contributed by atoms with Crippen molar-refractivity contribution >= 4 is 17.3 Å². The van der Waals surface area contributed by atoms with Crippen molar-refractivity contribution < 1.29 is 31.2 Å². The van der Waals surface area contributed by atoms with E-state index < -0.39 is 23.5 Å². The van der Waals surface area contributed by atoms with Crippen LogP contribution in [-0.2, 0) is 23.8 Å². The standard InChI is InChI=1S/C22H14ClF6NO/c23-17-9-10-19(22(27,28)29)18(12-17)20(15-6-2-1-3-7-15)30-31-13-14-5-4-8-16(11-14)21(24,25)26/h1-12H,13H2/b30-20+. The summed E-state index contributed by atoms with van der Waals surface area (Å²) in [5.41, 5.74) is -1.82. The van der Waals surface area contributed by atoms with Crippen LogP contribution < -0.4 is 0 Å². The molecule has 0 unspecified atom stereocenters. The van der Waals surface area contributed by atoms with Crippen LogP contribution in [0.25, 0.3) is 0 Å². The number of alkyl halides is 6. The minimum atomic E-state index is -4.68. The summed E-state index contributed by atoms with van der Waals surface area (Å²) in [6.07, 6.45) is -9.21. The van der Waals surface area contributed by atoms with Crippen molar-refractivity contribution in [1.29, 1.82) is 0 Å². The van der Waals surface area contributed by atoms with Crippen molar-refractivity contribution in [1.82, 2.24) is 0 Å². The van der Waals surface area contributed by atoms with Crippen LogP contribution in [-0.4, -0.2) is 5.71 Å². The lowest BCUT2D eigenvalue weighted by Crippen LogP contribution is -2.15. The summed E-state index contributed by atoms with van der Waals surface area (Å²) in [6.45, 7) is -0.373. The molecule has 3 aromatic carbocycles. The Bertz CT molecular complexity index is 1080. The zero-order chi connectivity index (χ0) is 22.6. The zero-order valence-electron chi connectivity index (χ0n) is 15.6. The predicted molar refractivity (Wildman–Crippen MR) is 105 cm³/mol. The molecule has 3 rings (SSSR count). The summed E-state index contributed by atoms with van der Waals surface area (Å²) in [4.78, 5) is 5.18. The molecular formula is C22H14ClF6NO. The molecule has 0 aliphatic heterocycles. The molecule has 0 radical (unpaired) electrons. The van der Waals surface area contributed by atoms with Gasteiger partial charge in [0.2, 0.25) is 0 Å². The second-order valence-electron chi connectivity index (χ2n) is 6.47. The maximum absolute atomic E-state index is 13.6. The van der Waals surface area contributed by atoms with E-state index in [1.54, 1.807) is 18.2 Å². The lowest BCUT2D eigenvalue weighted by atomic mass is 9.97. The first-order valence-electron chi connectivity index (χ1n) is 8.84. The topological polar surface area (TPSA) is 21.6 Å². The van der Waals surface area contributed by atoms with Crippen molar-refractivity contribution in [3.05, 3.63) is 106 Å². The number of halogens is 7. The van der Waals surface area contributed by atoms with E-state index in [9.17, 15) is 26.3 Å². The van der Waals surface area contributed by atoms with Gasteiger partial charge < -0.3 is 4.84 Å². The summed E-state index contributed by atoms with van der Waals surface area (Å²) in [5, 5.41) is 3.90. The predicted octanol–water partition coefficient (Wildman–Crippen LogP) is 7.35. The van der Waals surface area contributed by atoms with Gasteiger partial charge in [0.1, 0.15) is 12.3 Å². The minimum Gasteiger partial charge on any atom is -0.390 e. The van der Waals surface area contributed by atoms with Gasteiger partial charge in [-0.15, -0.1) is 0 Å². The Kier molecular flexibility index (Phi) is 6.59. The molecule has 0 aromatic heterocycles. The average Bonchev–Trinajstić information content (AvgIpc) is 2.70. The Balaban J connectivity index is 1.99. The van der Waals surface area contributed by atoms with Gasteiger partial charge in [-0.2, -0.15) is 26.3 Å². The molecule has 0 aliphatic rings. The molecule has 0 heterocycles. The molecule has 0 saturated heterocycles. The van der Waals surface area contributed by atoms with Crippen LogP contribution in [0.15, 0.2) is 78.0 Å². The number of oxime groups is 1. The van der Waals surface area contributed by atoms with Gasteiger partial charge in [-0.3, -0.25) is 0 Å². The van der Waals surface area contributed by atoms with Gasteiger partial charge in [-0.1, -0.05) is 59.2 Å². The summed E-state index contributed by atoms with van der Waals surface area (Å²) < 4.78 is 79.3. The van der Waals surface area contributed by atoms with E-state index in [1.807, 2.05) is 0 Å². The number of hydrogen-bond donors (Lipinski definition) is 0. The van der Waals surface area contributed by atoms with Gasteiger partial charge in [-0.25, -0.2) is 0 Å². The second-order valence-corrected chi connectivity index (χ2v) is 6.90. The third-order valence-corrected chi connectivity index (χ3v) is 4.47. The van der Waals surface area contributed by atoms with Gasteiger partial charge in [-0.05, 0) is 35.9 Å². The number of hydrogen-bond acceptors (Lipinski definition) is 2. The molecule has 0 bridgehead atoms. The van der Waals surface area contributed by atoms with Gasteiger partial charge in [0.15, 0.2) is 0 Å². The van der Waals surface area contributed by atoms with E-state index in [4.69, 9.17) is 16.4 Å². The quantitative estimate of drug-likeness (QED) is 0.223. The lowest BCUT2D eigenvalue weighted by molar-refractivity contribution is -0.138. The van der Waals surface area contributed by atoms with Gasteiger partial charge >= 0.3 is 12.4 Å². The van der Waals surface area contributed by atoms with E-state index in [-0.39, 0.29) is 28.5 Å². The molecule has 3 aromatic rings. The van der Waals surface area contributed by atoms with Crippen molar-refractivity contribution in [3.63, 3.8) is 0 Å². The summed E-state index contributed by atoms with van der Waals surface area (Å²) >= 11 is 5.92. The van der Waals surface area contributed by atoms with Crippen molar-refractivity contribution in [2.24, 2.45) is 5.16 Å². The molecule has 31 heavy (non-hydrogen) atoms. The Labute approximate surface area is 178 Å². The maximum atomic E-state index is 13.6. The van der Waals surface area contributed by atoms with E-state index in [0.717, 1.165) is 30.3 Å².